The highest BCUT2D eigenvalue weighted by Gasteiger charge is 2.64. The molecule has 0 aliphatic rings. The minimum absolute atomic E-state index is 0.620. The van der Waals surface area contributed by atoms with Crippen LogP contribution in [0.15, 0.2) is 11.3 Å². The number of carboxylic acid groups (broad SMARTS) is 1. The Bertz CT molecular complexity index is 359. The molecule has 0 saturated heterocycles. The summed E-state index contributed by atoms with van der Waals surface area (Å²) in [6.07, 6.45) is 2.92. The first-order chi connectivity index (χ1) is 8.64. The van der Waals surface area contributed by atoms with Crippen LogP contribution in [0.3, 0.4) is 0 Å². The van der Waals surface area contributed by atoms with Crippen molar-refractivity contribution in [1.29, 1.82) is 0 Å². The second-order valence-electron chi connectivity index (χ2n) is 8.83. The first-order valence-corrected chi connectivity index (χ1v) is 23.1. The molecule has 1 N–H and O–H groups in total. The summed E-state index contributed by atoms with van der Waals surface area (Å²) in [5.41, 5.74) is 0. The average molecular weight is 347 g/mol. The Kier molecular flexibility index (Phi) is 6.08. The molecule has 0 spiro atoms. The van der Waals surface area contributed by atoms with Crippen molar-refractivity contribution in [2.75, 3.05) is 0 Å². The molecule has 0 saturated carbocycles. The standard InChI is InChI=1S/C14H34O2Si4/c1-11-12-13(14(15)16)20(17(2,3)4,18(5,6)7)19(8,9)10/h12H,11H2,1-10H3,(H,15,16)/b13-12+. The fourth-order valence-electron chi connectivity index (χ4n) is 5.19. The number of hydrogen-bond acceptors (Lipinski definition) is 1. The van der Waals surface area contributed by atoms with Gasteiger partial charge in [0.25, 0.3) is 0 Å². The molecule has 0 aliphatic heterocycles. The van der Waals surface area contributed by atoms with Gasteiger partial charge in [0.15, 0.2) is 0 Å². The Morgan fingerprint density at radius 1 is 0.850 bits per heavy atom. The molecule has 0 heterocycles. The maximum absolute atomic E-state index is 12.1. The zero-order valence-electron chi connectivity index (χ0n) is 15.1. The molecule has 0 rings (SSSR count). The fourth-order valence-corrected chi connectivity index (χ4v) is 105. The van der Waals surface area contributed by atoms with Crippen LogP contribution in [-0.2, 0) is 4.79 Å². The van der Waals surface area contributed by atoms with Gasteiger partial charge >= 0.3 is 5.97 Å². The molecule has 0 amide bonds. The topological polar surface area (TPSA) is 37.3 Å². The maximum Gasteiger partial charge on any atom is 0.326 e. The summed E-state index contributed by atoms with van der Waals surface area (Å²) in [7, 11) is -4.67. The van der Waals surface area contributed by atoms with E-state index in [0.717, 1.165) is 11.6 Å². The van der Waals surface area contributed by atoms with Crippen molar-refractivity contribution < 1.29 is 9.90 Å². The van der Waals surface area contributed by atoms with E-state index in [-0.39, 0.29) is 0 Å². The summed E-state index contributed by atoms with van der Waals surface area (Å²) in [6, 6.07) is 0. The van der Waals surface area contributed by atoms with Crippen LogP contribution in [0.5, 0.6) is 0 Å². The van der Waals surface area contributed by atoms with E-state index >= 15 is 0 Å². The summed E-state index contributed by atoms with van der Waals surface area (Å²) >= 11 is 0. The Morgan fingerprint density at radius 3 is 1.30 bits per heavy atom. The van der Waals surface area contributed by atoms with Crippen LogP contribution in [0, 0.1) is 0 Å². The lowest BCUT2D eigenvalue weighted by atomic mass is 10.4. The van der Waals surface area contributed by atoms with Gasteiger partial charge in [0.2, 0.25) is 0 Å². The number of carbonyl (C=O) groups is 1. The first-order valence-electron chi connectivity index (χ1n) is 7.58. The Hall–Kier alpha value is 0.0775. The summed E-state index contributed by atoms with van der Waals surface area (Å²) in [6.45, 7) is 22.0. The molecule has 118 valence electrons. The largest absolute Gasteiger partial charge is 0.478 e. The third kappa shape index (κ3) is 3.28. The highest BCUT2D eigenvalue weighted by atomic mass is 29.9. The molecular weight excluding hydrogens is 312 g/mol. The summed E-state index contributed by atoms with van der Waals surface area (Å²) in [5.74, 6) is -0.620. The van der Waals surface area contributed by atoms with Crippen molar-refractivity contribution in [3.8, 4) is 0 Å². The molecule has 0 aromatic rings. The van der Waals surface area contributed by atoms with Gasteiger partial charge in [0.05, 0.1) is 6.63 Å². The molecule has 0 fully saturated rings. The highest BCUT2D eigenvalue weighted by Crippen LogP contribution is 2.42. The molecule has 0 aromatic heterocycles. The monoisotopic (exact) mass is 346 g/mol. The van der Waals surface area contributed by atoms with Crippen LogP contribution < -0.4 is 0 Å². The fraction of sp³-hybridized carbons (Fsp3) is 0.786. The van der Waals surface area contributed by atoms with Crippen LogP contribution in [0.2, 0.25) is 58.9 Å². The Labute approximate surface area is 129 Å². The average Bonchev–Trinajstić information content (AvgIpc) is 2.09. The second kappa shape index (κ2) is 6.06. The van der Waals surface area contributed by atoms with E-state index in [2.05, 4.69) is 71.9 Å². The number of allylic oxidation sites excluding steroid dienone is 1. The molecule has 20 heavy (non-hydrogen) atoms. The van der Waals surface area contributed by atoms with Gasteiger partial charge in [-0.1, -0.05) is 71.9 Å². The lowest BCUT2D eigenvalue weighted by Crippen LogP contribution is -2.84. The van der Waals surface area contributed by atoms with Crippen molar-refractivity contribution in [1.82, 2.24) is 0 Å². The van der Waals surface area contributed by atoms with E-state index in [0.29, 0.717) is 0 Å². The van der Waals surface area contributed by atoms with E-state index in [1.807, 2.05) is 0 Å². The van der Waals surface area contributed by atoms with Gasteiger partial charge < -0.3 is 5.11 Å². The number of rotatable bonds is 6. The summed E-state index contributed by atoms with van der Waals surface area (Å²) in [5, 5.41) is 10.8. The van der Waals surface area contributed by atoms with Gasteiger partial charge in [0, 0.05) is 28.0 Å². The summed E-state index contributed by atoms with van der Waals surface area (Å²) in [4.78, 5) is 12.1. The first kappa shape index (κ1) is 20.1. The van der Waals surface area contributed by atoms with Gasteiger partial charge in [-0.2, -0.15) is 0 Å². The van der Waals surface area contributed by atoms with Gasteiger partial charge in [-0.3, -0.25) is 0 Å². The van der Waals surface area contributed by atoms with Gasteiger partial charge in [-0.05, 0) is 6.42 Å². The smallest absolute Gasteiger partial charge is 0.326 e. The number of aliphatic carboxylic acids is 1. The maximum atomic E-state index is 12.1. The van der Waals surface area contributed by atoms with Crippen LogP contribution in [-0.4, -0.2) is 40.5 Å². The van der Waals surface area contributed by atoms with Crippen molar-refractivity contribution >= 4 is 35.4 Å². The Balaban J connectivity index is 6.78. The van der Waals surface area contributed by atoms with Gasteiger partial charge in [0.1, 0.15) is 0 Å². The van der Waals surface area contributed by atoms with Crippen LogP contribution in [0.4, 0.5) is 0 Å². The lowest BCUT2D eigenvalue weighted by Gasteiger charge is -2.57. The third-order valence-corrected chi connectivity index (χ3v) is 75.6. The third-order valence-electron chi connectivity index (χ3n) is 4.42. The van der Waals surface area contributed by atoms with Crippen LogP contribution >= 0.6 is 0 Å². The molecule has 0 atom stereocenters. The van der Waals surface area contributed by atoms with Gasteiger partial charge in [-0.15, -0.1) is 0 Å². The van der Waals surface area contributed by atoms with E-state index in [9.17, 15) is 9.90 Å². The van der Waals surface area contributed by atoms with Gasteiger partial charge in [-0.25, -0.2) is 4.79 Å². The molecule has 6 heteroatoms. The zero-order valence-corrected chi connectivity index (χ0v) is 19.1. The minimum atomic E-state index is -1.94. The number of carboxylic acids is 1. The molecule has 0 aliphatic carbocycles. The lowest BCUT2D eigenvalue weighted by molar-refractivity contribution is -0.131. The van der Waals surface area contributed by atoms with E-state index < -0.39 is 35.4 Å². The highest BCUT2D eigenvalue weighted by molar-refractivity contribution is 7.91. The Morgan fingerprint density at radius 2 is 1.15 bits per heavy atom. The molecular formula is C14H34O2Si4. The van der Waals surface area contributed by atoms with E-state index in [4.69, 9.17) is 0 Å². The van der Waals surface area contributed by atoms with Crippen molar-refractivity contribution in [3.63, 3.8) is 0 Å². The van der Waals surface area contributed by atoms with Crippen molar-refractivity contribution in [3.05, 3.63) is 11.3 Å². The van der Waals surface area contributed by atoms with E-state index in [1.165, 1.54) is 0 Å². The normalized spacial score (nSPS) is 15.4. The predicted molar refractivity (Wildman–Crippen MR) is 102 cm³/mol. The zero-order chi connectivity index (χ0) is 16.6. The number of hydrogen-bond donors (Lipinski definition) is 1. The minimum Gasteiger partial charge on any atom is -0.478 e. The molecule has 0 unspecified atom stereocenters. The van der Waals surface area contributed by atoms with Crippen LogP contribution in [0.25, 0.3) is 0 Å². The molecule has 0 radical (unpaired) electrons. The SMILES string of the molecule is CC/C=C(\C(=O)O)[Si]([Si](C)(C)C)([Si](C)(C)C)[Si](C)(C)C. The molecule has 2 nitrogen and oxygen atoms in total. The molecule has 0 aromatic carbocycles. The molecule has 0 bridgehead atoms. The van der Waals surface area contributed by atoms with Crippen molar-refractivity contribution in [2.45, 2.75) is 72.3 Å². The van der Waals surface area contributed by atoms with E-state index in [1.54, 1.807) is 0 Å². The predicted octanol–water partition coefficient (Wildman–Crippen LogP) is 4.65. The van der Waals surface area contributed by atoms with Crippen LogP contribution in [0.1, 0.15) is 13.3 Å². The second-order valence-corrected chi connectivity index (χ2v) is 49.1. The summed E-state index contributed by atoms with van der Waals surface area (Å²) < 4.78 is 0. The van der Waals surface area contributed by atoms with Crippen molar-refractivity contribution in [2.24, 2.45) is 0 Å². The quantitative estimate of drug-likeness (QED) is 0.561.